The van der Waals surface area contributed by atoms with Crippen molar-refractivity contribution in [1.29, 1.82) is 5.26 Å². The van der Waals surface area contributed by atoms with Gasteiger partial charge in [-0.15, -0.1) is 0 Å². The molecule has 1 amide bonds. The molecule has 186 valence electrons. The lowest BCUT2D eigenvalue weighted by Crippen LogP contribution is -2.37. The standard InChI is InChI=1S/C28H28ClN3O3S/c1-4-35-20-11-9-19(10-12-20)31-24(34)16-36-27-21(15-30)25(17-5-7-18(29)8-6-17)26-22(32-27)13-28(2,3)14-23(26)33/h5-12,25,32H,4,13-14,16H2,1-3H3,(H,31,34)/t25-/m0/s1. The molecule has 2 aromatic rings. The van der Waals surface area contributed by atoms with Crippen LogP contribution < -0.4 is 15.4 Å². The number of dihydropyridines is 1. The summed E-state index contributed by atoms with van der Waals surface area (Å²) in [5.41, 5.74) is 3.19. The molecule has 0 spiro atoms. The van der Waals surface area contributed by atoms with Crippen LogP contribution in [0.5, 0.6) is 5.75 Å². The number of carbonyl (C=O) groups excluding carboxylic acids is 2. The van der Waals surface area contributed by atoms with Crippen molar-refractivity contribution in [2.45, 2.75) is 39.5 Å². The molecule has 2 N–H and O–H groups in total. The number of nitriles is 1. The first kappa shape index (κ1) is 25.9. The zero-order valence-electron chi connectivity index (χ0n) is 20.5. The Balaban J connectivity index is 1.59. The summed E-state index contributed by atoms with van der Waals surface area (Å²) in [7, 11) is 0. The van der Waals surface area contributed by atoms with Crippen LogP contribution in [0.3, 0.4) is 0 Å². The van der Waals surface area contributed by atoms with Crippen LogP contribution in [0.1, 0.15) is 45.1 Å². The number of rotatable bonds is 7. The van der Waals surface area contributed by atoms with Crippen LogP contribution in [0.2, 0.25) is 5.02 Å². The molecule has 2 aliphatic rings. The lowest BCUT2D eigenvalue weighted by atomic mass is 9.69. The number of Topliss-reactive ketones (excluding diaryl/α,β-unsaturated/α-hetero) is 1. The summed E-state index contributed by atoms with van der Waals surface area (Å²) >= 11 is 7.37. The summed E-state index contributed by atoms with van der Waals surface area (Å²) in [6.45, 7) is 6.61. The van der Waals surface area contributed by atoms with Crippen LogP contribution in [0.25, 0.3) is 0 Å². The van der Waals surface area contributed by atoms with Gasteiger partial charge in [-0.05, 0) is 60.7 Å². The number of halogens is 1. The fourth-order valence-electron chi connectivity index (χ4n) is 4.61. The van der Waals surface area contributed by atoms with Gasteiger partial charge < -0.3 is 15.4 Å². The monoisotopic (exact) mass is 521 g/mol. The molecule has 4 rings (SSSR count). The molecule has 0 saturated carbocycles. The van der Waals surface area contributed by atoms with Crippen molar-refractivity contribution in [1.82, 2.24) is 5.32 Å². The Morgan fingerprint density at radius 2 is 1.89 bits per heavy atom. The molecule has 0 saturated heterocycles. The molecule has 1 aliphatic carbocycles. The van der Waals surface area contributed by atoms with Gasteiger partial charge in [0.15, 0.2) is 5.78 Å². The molecule has 0 bridgehead atoms. The van der Waals surface area contributed by atoms with Crippen LogP contribution in [0.4, 0.5) is 5.69 Å². The van der Waals surface area contributed by atoms with Crippen LogP contribution in [-0.4, -0.2) is 24.1 Å². The summed E-state index contributed by atoms with van der Waals surface area (Å²) in [4.78, 5) is 26.0. The van der Waals surface area contributed by atoms with E-state index >= 15 is 0 Å². The van der Waals surface area contributed by atoms with Gasteiger partial charge in [-0.2, -0.15) is 5.26 Å². The average Bonchev–Trinajstić information content (AvgIpc) is 2.83. The summed E-state index contributed by atoms with van der Waals surface area (Å²) in [5.74, 6) is 0.192. The van der Waals surface area contributed by atoms with Gasteiger partial charge in [0.05, 0.1) is 34.9 Å². The number of ether oxygens (including phenoxy) is 1. The highest BCUT2D eigenvalue weighted by atomic mass is 35.5. The number of benzene rings is 2. The number of nitrogens with one attached hydrogen (secondary N) is 2. The van der Waals surface area contributed by atoms with Gasteiger partial charge in [-0.1, -0.05) is 49.3 Å². The van der Waals surface area contributed by atoms with Crippen molar-refractivity contribution in [3.05, 3.63) is 81.0 Å². The maximum Gasteiger partial charge on any atom is 0.234 e. The molecule has 1 aliphatic heterocycles. The molecule has 2 aromatic carbocycles. The first-order valence-electron chi connectivity index (χ1n) is 11.8. The summed E-state index contributed by atoms with van der Waals surface area (Å²) < 4.78 is 5.44. The van der Waals surface area contributed by atoms with Crippen LogP contribution in [0, 0.1) is 16.7 Å². The summed E-state index contributed by atoms with van der Waals surface area (Å²) in [6.07, 6.45) is 1.10. The largest absolute Gasteiger partial charge is 0.494 e. The molecule has 1 heterocycles. The zero-order chi connectivity index (χ0) is 25.9. The number of thioether (sulfide) groups is 1. The number of allylic oxidation sites excluding steroid dienone is 3. The van der Waals surface area contributed by atoms with Gasteiger partial charge in [-0.25, -0.2) is 0 Å². The third-order valence-electron chi connectivity index (χ3n) is 6.13. The third-order valence-corrected chi connectivity index (χ3v) is 7.40. The lowest BCUT2D eigenvalue weighted by molar-refractivity contribution is -0.118. The van der Waals surface area contributed by atoms with Gasteiger partial charge in [0.2, 0.25) is 5.91 Å². The van der Waals surface area contributed by atoms with Crippen molar-refractivity contribution < 1.29 is 14.3 Å². The van der Waals surface area contributed by atoms with E-state index in [-0.39, 0.29) is 22.9 Å². The second-order valence-electron chi connectivity index (χ2n) is 9.59. The van der Waals surface area contributed by atoms with E-state index in [1.807, 2.05) is 19.1 Å². The Labute approximate surface area is 220 Å². The Kier molecular flexibility index (Phi) is 7.77. The van der Waals surface area contributed by atoms with Crippen molar-refractivity contribution in [3.63, 3.8) is 0 Å². The van der Waals surface area contributed by atoms with E-state index < -0.39 is 5.92 Å². The van der Waals surface area contributed by atoms with Crippen molar-refractivity contribution in [3.8, 4) is 11.8 Å². The second kappa shape index (κ2) is 10.8. The highest BCUT2D eigenvalue weighted by Crippen LogP contribution is 2.47. The number of ketones is 1. The minimum Gasteiger partial charge on any atom is -0.494 e. The third kappa shape index (κ3) is 5.77. The first-order valence-corrected chi connectivity index (χ1v) is 13.2. The van der Waals surface area contributed by atoms with Gasteiger partial charge in [-0.3, -0.25) is 9.59 Å². The molecule has 0 unspecified atom stereocenters. The minimum absolute atomic E-state index is 0.0405. The van der Waals surface area contributed by atoms with Crippen LogP contribution in [-0.2, 0) is 9.59 Å². The zero-order valence-corrected chi connectivity index (χ0v) is 22.1. The number of amides is 1. The molecular formula is C28H28ClN3O3S. The normalized spacial score (nSPS) is 18.8. The predicted octanol–water partition coefficient (Wildman–Crippen LogP) is 6.18. The Morgan fingerprint density at radius 1 is 1.19 bits per heavy atom. The SMILES string of the molecule is CCOc1ccc(NC(=O)CSC2=C(C#N)[C@H](c3ccc(Cl)cc3)C3=C(CC(C)(C)CC3=O)N2)cc1. The smallest absolute Gasteiger partial charge is 0.234 e. The van der Waals surface area contributed by atoms with Crippen LogP contribution >= 0.6 is 23.4 Å². The number of nitrogens with zero attached hydrogens (tertiary/aromatic N) is 1. The molecule has 8 heteroatoms. The number of hydrogen-bond acceptors (Lipinski definition) is 6. The summed E-state index contributed by atoms with van der Waals surface area (Å²) in [6, 6.07) is 16.7. The van der Waals surface area contributed by atoms with E-state index in [2.05, 4.69) is 30.6 Å². The van der Waals surface area contributed by atoms with E-state index in [4.69, 9.17) is 16.3 Å². The Bertz CT molecular complexity index is 1270. The first-order chi connectivity index (χ1) is 17.2. The maximum absolute atomic E-state index is 13.3. The Hall–Kier alpha value is -3.21. The molecule has 6 nitrogen and oxygen atoms in total. The fourth-order valence-corrected chi connectivity index (χ4v) is 5.60. The number of hydrogen-bond donors (Lipinski definition) is 2. The van der Waals surface area contributed by atoms with E-state index in [9.17, 15) is 14.9 Å². The molecule has 0 fully saturated rings. The van der Waals surface area contributed by atoms with Gasteiger partial charge >= 0.3 is 0 Å². The van der Waals surface area contributed by atoms with Crippen molar-refractivity contribution >= 4 is 40.7 Å². The van der Waals surface area contributed by atoms with E-state index in [1.54, 1.807) is 36.4 Å². The fraction of sp³-hybridized carbons (Fsp3) is 0.321. The maximum atomic E-state index is 13.3. The minimum atomic E-state index is -0.496. The van der Waals surface area contributed by atoms with E-state index in [0.29, 0.717) is 46.3 Å². The molecule has 0 radical (unpaired) electrons. The highest BCUT2D eigenvalue weighted by Gasteiger charge is 2.41. The quantitative estimate of drug-likeness (QED) is 0.452. The second-order valence-corrected chi connectivity index (χ2v) is 11.0. The van der Waals surface area contributed by atoms with Gasteiger partial charge in [0.1, 0.15) is 5.75 Å². The predicted molar refractivity (Wildman–Crippen MR) is 144 cm³/mol. The number of carbonyl (C=O) groups is 2. The van der Waals surface area contributed by atoms with Crippen molar-refractivity contribution in [2.75, 3.05) is 17.7 Å². The molecular weight excluding hydrogens is 494 g/mol. The summed E-state index contributed by atoms with van der Waals surface area (Å²) in [5, 5.41) is 17.6. The lowest BCUT2D eigenvalue weighted by Gasteiger charge is -2.39. The Morgan fingerprint density at radius 3 is 2.53 bits per heavy atom. The van der Waals surface area contributed by atoms with Crippen molar-refractivity contribution in [2.24, 2.45) is 5.41 Å². The highest BCUT2D eigenvalue weighted by molar-refractivity contribution is 8.03. The molecule has 36 heavy (non-hydrogen) atoms. The number of anilines is 1. The van der Waals surface area contributed by atoms with Gasteiger partial charge in [0.25, 0.3) is 0 Å². The van der Waals surface area contributed by atoms with Gasteiger partial charge in [0, 0.05) is 28.4 Å². The topological polar surface area (TPSA) is 91.2 Å². The van der Waals surface area contributed by atoms with Crippen LogP contribution in [0.15, 0.2) is 70.4 Å². The molecule has 1 atom stereocenters. The average molecular weight is 522 g/mol. The van der Waals surface area contributed by atoms with E-state index in [0.717, 1.165) is 17.0 Å². The van der Waals surface area contributed by atoms with E-state index in [1.165, 1.54) is 11.8 Å². The molecule has 0 aromatic heterocycles.